The van der Waals surface area contributed by atoms with Gasteiger partial charge in [0.05, 0.1) is 0 Å². The molecule has 0 saturated carbocycles. The van der Waals surface area contributed by atoms with Crippen LogP contribution in [-0.2, 0) is 6.54 Å². The number of hydrogen-bond donors (Lipinski definition) is 2. The Bertz CT molecular complexity index is 623. The molecule has 0 aliphatic carbocycles. The minimum Gasteiger partial charge on any atom is -0.352 e. The maximum Gasteiger partial charge on any atom is 0.251 e. The number of likely N-dealkylation sites (tertiary alicyclic amines) is 1. The predicted octanol–water partition coefficient (Wildman–Crippen LogP) is 3.25. The summed E-state index contributed by atoms with van der Waals surface area (Å²) in [7, 11) is 1.82. The van der Waals surface area contributed by atoms with E-state index in [9.17, 15) is 4.79 Å². The lowest BCUT2D eigenvalue weighted by atomic mass is 9.65. The molecule has 1 aromatic rings. The van der Waals surface area contributed by atoms with Gasteiger partial charge in [-0.25, -0.2) is 0 Å². The second-order valence-corrected chi connectivity index (χ2v) is 7.49. The fourth-order valence-electron chi connectivity index (χ4n) is 2.91. The Morgan fingerprint density at radius 3 is 2.20 bits per heavy atom. The number of nitrogens with zero attached hydrogens (tertiary/aromatic N) is 2. The minimum absolute atomic E-state index is 0. The number of benzene rings is 1. The summed E-state index contributed by atoms with van der Waals surface area (Å²) in [6.07, 6.45) is 0. The fourth-order valence-corrected chi connectivity index (χ4v) is 2.91. The van der Waals surface area contributed by atoms with Crippen LogP contribution in [0.4, 0.5) is 0 Å². The highest BCUT2D eigenvalue weighted by molar-refractivity contribution is 14.0. The molecule has 1 heterocycles. The number of nitrogens with one attached hydrogen (secondary N) is 2. The van der Waals surface area contributed by atoms with Crippen molar-refractivity contribution in [1.29, 1.82) is 0 Å². The molecule has 0 atom stereocenters. The van der Waals surface area contributed by atoms with Crippen LogP contribution in [0.3, 0.4) is 0 Å². The summed E-state index contributed by atoms with van der Waals surface area (Å²) in [5.41, 5.74) is 2.17. The zero-order valence-corrected chi connectivity index (χ0v) is 18.5. The summed E-state index contributed by atoms with van der Waals surface area (Å²) in [5, 5.41) is 6.24. The Balaban J connectivity index is 0.00000312. The van der Waals surface area contributed by atoms with Crippen molar-refractivity contribution in [3.63, 3.8) is 0 Å². The molecule has 140 valence electrons. The molecule has 0 spiro atoms. The quantitative estimate of drug-likeness (QED) is 0.414. The van der Waals surface area contributed by atoms with E-state index in [2.05, 4.69) is 48.2 Å². The molecule has 25 heavy (non-hydrogen) atoms. The number of aliphatic imine (C=N–C) groups is 1. The first kappa shape index (κ1) is 21.7. The van der Waals surface area contributed by atoms with Gasteiger partial charge in [0.2, 0.25) is 0 Å². The Labute approximate surface area is 168 Å². The standard InChI is InChI=1S/C19H30N4O.HI/c1-7-21-16(24)15-10-8-14(9-11-15)12-22-17(20-6)23-13-18(2,3)19(23,4)5;/h8-11H,7,12-13H2,1-6H3,(H,20,22)(H,21,24);1H. The molecule has 1 aliphatic rings. The molecule has 6 heteroatoms. The van der Waals surface area contributed by atoms with E-state index >= 15 is 0 Å². The molecule has 1 aliphatic heterocycles. The van der Waals surface area contributed by atoms with Crippen molar-refractivity contribution in [3.8, 4) is 0 Å². The van der Waals surface area contributed by atoms with Gasteiger partial charge < -0.3 is 15.5 Å². The van der Waals surface area contributed by atoms with Gasteiger partial charge in [-0.05, 0) is 38.5 Å². The van der Waals surface area contributed by atoms with Crippen molar-refractivity contribution in [3.05, 3.63) is 35.4 Å². The predicted molar refractivity (Wildman–Crippen MR) is 115 cm³/mol. The van der Waals surface area contributed by atoms with Crippen LogP contribution in [0.25, 0.3) is 0 Å². The normalized spacial score (nSPS) is 18.0. The number of carbonyl (C=O) groups is 1. The smallest absolute Gasteiger partial charge is 0.251 e. The van der Waals surface area contributed by atoms with E-state index in [4.69, 9.17) is 0 Å². The van der Waals surface area contributed by atoms with Gasteiger partial charge in [-0.3, -0.25) is 9.79 Å². The van der Waals surface area contributed by atoms with E-state index in [1.54, 1.807) is 0 Å². The van der Waals surface area contributed by atoms with Crippen LogP contribution in [0, 0.1) is 5.41 Å². The number of carbonyl (C=O) groups excluding carboxylic acids is 1. The number of guanidine groups is 1. The van der Waals surface area contributed by atoms with E-state index in [0.717, 1.165) is 18.1 Å². The lowest BCUT2D eigenvalue weighted by molar-refractivity contribution is -0.0667. The Morgan fingerprint density at radius 2 is 1.76 bits per heavy atom. The van der Waals surface area contributed by atoms with E-state index < -0.39 is 0 Å². The second kappa shape index (κ2) is 8.38. The van der Waals surface area contributed by atoms with Gasteiger partial charge in [0.25, 0.3) is 5.91 Å². The van der Waals surface area contributed by atoms with E-state index in [1.165, 1.54) is 0 Å². The lowest BCUT2D eigenvalue weighted by Crippen LogP contribution is -2.72. The van der Waals surface area contributed by atoms with Gasteiger partial charge >= 0.3 is 0 Å². The molecule has 5 nitrogen and oxygen atoms in total. The second-order valence-electron chi connectivity index (χ2n) is 7.49. The lowest BCUT2D eigenvalue weighted by Gasteiger charge is -2.62. The van der Waals surface area contributed by atoms with Crippen LogP contribution in [0.1, 0.15) is 50.5 Å². The molecule has 1 saturated heterocycles. The maximum atomic E-state index is 11.8. The van der Waals surface area contributed by atoms with Gasteiger partial charge in [-0.1, -0.05) is 26.0 Å². The van der Waals surface area contributed by atoms with Crippen LogP contribution >= 0.6 is 24.0 Å². The summed E-state index contributed by atoms with van der Waals surface area (Å²) < 4.78 is 0. The number of amides is 1. The van der Waals surface area contributed by atoms with Crippen molar-refractivity contribution in [1.82, 2.24) is 15.5 Å². The molecule has 1 amide bonds. The summed E-state index contributed by atoms with van der Waals surface area (Å²) in [6, 6.07) is 7.69. The van der Waals surface area contributed by atoms with Crippen LogP contribution in [0.5, 0.6) is 0 Å². The Hall–Kier alpha value is -1.31. The average Bonchev–Trinajstić information content (AvgIpc) is 2.55. The zero-order chi connectivity index (χ0) is 18.0. The van der Waals surface area contributed by atoms with E-state index in [0.29, 0.717) is 18.7 Å². The van der Waals surface area contributed by atoms with Crippen LogP contribution in [0.15, 0.2) is 29.3 Å². The number of rotatable bonds is 4. The highest BCUT2D eigenvalue weighted by atomic mass is 127. The van der Waals surface area contributed by atoms with E-state index in [-0.39, 0.29) is 40.8 Å². The van der Waals surface area contributed by atoms with Crippen LogP contribution < -0.4 is 10.6 Å². The Kier molecular flexibility index (Phi) is 7.28. The summed E-state index contributed by atoms with van der Waals surface area (Å²) in [4.78, 5) is 18.5. The molecule has 2 rings (SSSR count). The fraction of sp³-hybridized carbons (Fsp3) is 0.579. The molecule has 1 aromatic carbocycles. The monoisotopic (exact) mass is 458 g/mol. The van der Waals surface area contributed by atoms with Crippen molar-refractivity contribution >= 4 is 35.8 Å². The molecule has 0 bridgehead atoms. The number of hydrogen-bond acceptors (Lipinski definition) is 2. The third-order valence-corrected chi connectivity index (χ3v) is 5.36. The third-order valence-electron chi connectivity index (χ3n) is 5.36. The summed E-state index contributed by atoms with van der Waals surface area (Å²) >= 11 is 0. The largest absolute Gasteiger partial charge is 0.352 e. The van der Waals surface area contributed by atoms with Crippen molar-refractivity contribution in [2.45, 2.75) is 46.7 Å². The first-order chi connectivity index (χ1) is 11.2. The molecule has 2 N–H and O–H groups in total. The summed E-state index contributed by atoms with van der Waals surface area (Å²) in [6.45, 7) is 13.3. The maximum absolute atomic E-state index is 11.8. The molecule has 1 fully saturated rings. The minimum atomic E-state index is -0.0302. The van der Waals surface area contributed by atoms with Crippen LogP contribution in [-0.4, -0.2) is 42.4 Å². The topological polar surface area (TPSA) is 56.7 Å². The van der Waals surface area contributed by atoms with Crippen molar-refractivity contribution in [2.75, 3.05) is 20.1 Å². The highest BCUT2D eigenvalue weighted by Gasteiger charge is 2.53. The first-order valence-corrected chi connectivity index (χ1v) is 8.58. The Morgan fingerprint density at radius 1 is 1.16 bits per heavy atom. The molecular formula is C19H31IN4O. The van der Waals surface area contributed by atoms with Gasteiger partial charge in [0.15, 0.2) is 5.96 Å². The van der Waals surface area contributed by atoms with Gasteiger partial charge in [-0.15, -0.1) is 24.0 Å². The van der Waals surface area contributed by atoms with E-state index in [1.807, 2.05) is 38.2 Å². The number of halogens is 1. The molecule has 0 aromatic heterocycles. The highest BCUT2D eigenvalue weighted by Crippen LogP contribution is 2.46. The van der Waals surface area contributed by atoms with Crippen molar-refractivity contribution in [2.24, 2.45) is 10.4 Å². The van der Waals surface area contributed by atoms with Gasteiger partial charge in [0.1, 0.15) is 0 Å². The molecular weight excluding hydrogens is 427 g/mol. The molecule has 0 unspecified atom stereocenters. The van der Waals surface area contributed by atoms with Gasteiger partial charge in [-0.2, -0.15) is 0 Å². The average molecular weight is 458 g/mol. The first-order valence-electron chi connectivity index (χ1n) is 8.58. The van der Waals surface area contributed by atoms with Crippen molar-refractivity contribution < 1.29 is 4.79 Å². The molecule has 0 radical (unpaired) electrons. The zero-order valence-electron chi connectivity index (χ0n) is 16.1. The SMILES string of the molecule is CCNC(=O)c1ccc(CNC(=NC)N2CC(C)(C)C2(C)C)cc1.I. The third kappa shape index (κ3) is 4.46. The van der Waals surface area contributed by atoms with Crippen LogP contribution in [0.2, 0.25) is 0 Å². The van der Waals surface area contributed by atoms with Gasteiger partial charge in [0, 0.05) is 43.2 Å². The summed E-state index contributed by atoms with van der Waals surface area (Å²) in [5.74, 6) is 0.893.